The van der Waals surface area contributed by atoms with E-state index in [-0.39, 0.29) is 70.1 Å². The number of nitrogens with one attached hydrogen (secondary N) is 1. The Hall–Kier alpha value is -8.28. The molecule has 16 nitrogen and oxygen atoms in total. The zero-order chi connectivity index (χ0) is 64.3. The molecule has 0 aliphatic carbocycles. The summed E-state index contributed by atoms with van der Waals surface area (Å²) in [6.45, 7) is 31.1. The Morgan fingerprint density at radius 2 is 0.901 bits per heavy atom. The maximum atomic E-state index is 11.5. The van der Waals surface area contributed by atoms with Crippen molar-refractivity contribution < 1.29 is 43.5 Å². The summed E-state index contributed by atoms with van der Waals surface area (Å²) in [4.78, 5) is 50.8. The number of hydrogen-bond donors (Lipinski definition) is 3. The number of aryl methyl sites for hydroxylation is 8. The van der Waals surface area contributed by atoms with E-state index in [0.717, 1.165) is 92.7 Å². The normalized spacial score (nSPS) is 11.6. The van der Waals surface area contributed by atoms with E-state index in [1.54, 1.807) is 38.1 Å². The number of Topliss-reactive ketones (excluding diaryl/α,β-unsaturated/α-hetero) is 2. The Morgan fingerprint density at radius 3 is 1.38 bits per heavy atom. The van der Waals surface area contributed by atoms with E-state index in [9.17, 15) is 19.8 Å². The number of ether oxygens (including phenoxy) is 5. The monoisotopic (exact) mass is 1240 g/mol. The zero-order valence-electron chi connectivity index (χ0n) is 54.5. The largest absolute Gasteiger partial charge is 0.507 e. The van der Waals surface area contributed by atoms with Crippen molar-refractivity contribution in [2.75, 3.05) is 46.3 Å². The predicted octanol–water partition coefficient (Wildman–Crippen LogP) is 16.2. The van der Waals surface area contributed by atoms with Crippen molar-refractivity contribution in [2.24, 2.45) is 0 Å². The van der Waals surface area contributed by atoms with Crippen LogP contribution in [0.5, 0.6) is 23.0 Å². The summed E-state index contributed by atoms with van der Waals surface area (Å²) in [7, 11) is 0. The van der Waals surface area contributed by atoms with Gasteiger partial charge in [-0.25, -0.2) is 29.9 Å². The number of rotatable bonds is 29. The lowest BCUT2D eigenvalue weighted by Gasteiger charge is -2.21. The van der Waals surface area contributed by atoms with Crippen LogP contribution in [-0.2, 0) is 23.8 Å². The Bertz CT molecular complexity index is 3640. The Morgan fingerprint density at radius 1 is 0.451 bits per heavy atom. The molecule has 0 saturated carbocycles. The first kappa shape index (κ1) is 73.5. The van der Waals surface area contributed by atoms with Crippen molar-refractivity contribution in [1.82, 2.24) is 35.2 Å². The van der Waals surface area contributed by atoms with Gasteiger partial charge in [0.15, 0.2) is 34.9 Å². The number of nitrogens with zero attached hydrogens (tertiary/aromatic N) is 6. The fourth-order valence-corrected chi connectivity index (χ4v) is 10.1. The standard InChI is InChI=1S/C61H66N6O6.C12H23NO3.2CH4/c1-13-44(31-70-46-19-24-51(53(68)29-46)60-64-58(49-22-17-36(5)27-40(49)9)63-59(67-60)50-23-18-37(6)42(11)43(50)12)72-33-73-45(14-2)32-71-55-30-54(69)52(28-41(55)10)61-65-56(47-20-15-34(3)25-38(47)7)62-57(66-61)48-21-16-35(4)26-39(48)8;1-11(14)5-3-4-9-16-10-8-13-7-6-12(2)15;;/h15-30,44-45,68-69H,13-14,31-33H2,1-12H3;13H,3-10H2,1-2H3;2*1H4. The Labute approximate surface area is 540 Å². The molecule has 2 unspecified atom stereocenters. The van der Waals surface area contributed by atoms with E-state index >= 15 is 0 Å². The van der Waals surface area contributed by atoms with Gasteiger partial charge in [0.2, 0.25) is 0 Å². The van der Waals surface area contributed by atoms with Crippen LogP contribution in [0.4, 0.5) is 0 Å². The first-order valence-corrected chi connectivity index (χ1v) is 30.9. The van der Waals surface area contributed by atoms with Crippen LogP contribution >= 0.6 is 0 Å². The molecular formula is C75H97N7O9. The SMILES string of the molecule is C.C.CC(=O)CCCCOCCNCCC(C)=O.CCC(COc1ccc(-c2nc(-c3ccc(C)cc3C)nc(-c3ccc(C)c(C)c3C)n2)c(O)c1)OCOC(CC)COc1cc(O)c(-c2nc(-c3ccc(C)cc3C)nc(-c3ccc(C)cc3C)n2)cc1C. The average Bonchev–Trinajstić information content (AvgIpc) is 0.903. The van der Waals surface area contributed by atoms with Crippen molar-refractivity contribution in [3.63, 3.8) is 0 Å². The highest BCUT2D eigenvalue weighted by Gasteiger charge is 2.22. The van der Waals surface area contributed by atoms with Crippen molar-refractivity contribution in [3.05, 3.63) is 153 Å². The molecule has 2 heterocycles. The van der Waals surface area contributed by atoms with E-state index in [1.165, 1.54) is 11.1 Å². The number of phenols is 2. The summed E-state index contributed by atoms with van der Waals surface area (Å²) in [5.41, 5.74) is 15.4. The molecule has 486 valence electrons. The van der Waals surface area contributed by atoms with Gasteiger partial charge in [-0.1, -0.05) is 112 Å². The fourth-order valence-electron chi connectivity index (χ4n) is 10.1. The first-order chi connectivity index (χ1) is 42.6. The number of aromatic hydroxyl groups is 2. The van der Waals surface area contributed by atoms with Crippen LogP contribution < -0.4 is 14.8 Å². The lowest BCUT2D eigenvalue weighted by molar-refractivity contribution is -0.133. The third-order valence-corrected chi connectivity index (χ3v) is 15.7. The maximum absolute atomic E-state index is 11.5. The second-order valence-corrected chi connectivity index (χ2v) is 23.2. The zero-order valence-corrected chi connectivity index (χ0v) is 54.5. The van der Waals surface area contributed by atoms with Gasteiger partial charge in [0.1, 0.15) is 54.6 Å². The first-order valence-electron chi connectivity index (χ1n) is 30.9. The van der Waals surface area contributed by atoms with E-state index in [4.69, 9.17) is 53.6 Å². The van der Waals surface area contributed by atoms with Gasteiger partial charge in [0, 0.05) is 66.9 Å². The number of hydrogen-bond acceptors (Lipinski definition) is 16. The van der Waals surface area contributed by atoms with Crippen molar-refractivity contribution in [2.45, 2.75) is 163 Å². The van der Waals surface area contributed by atoms with E-state index < -0.39 is 0 Å². The second-order valence-electron chi connectivity index (χ2n) is 23.2. The minimum Gasteiger partial charge on any atom is -0.507 e. The van der Waals surface area contributed by atoms with Crippen LogP contribution in [0.2, 0.25) is 0 Å². The summed E-state index contributed by atoms with van der Waals surface area (Å²) in [5, 5.41) is 26.1. The molecule has 0 aliphatic rings. The number of benzene rings is 6. The van der Waals surface area contributed by atoms with E-state index in [2.05, 4.69) is 71.1 Å². The van der Waals surface area contributed by atoms with Gasteiger partial charge in [0.25, 0.3) is 0 Å². The molecule has 0 saturated heterocycles. The van der Waals surface area contributed by atoms with Gasteiger partial charge >= 0.3 is 0 Å². The summed E-state index contributed by atoms with van der Waals surface area (Å²) >= 11 is 0. The molecule has 2 atom stereocenters. The number of aromatic nitrogens is 6. The molecule has 2 aromatic heterocycles. The van der Waals surface area contributed by atoms with Crippen LogP contribution in [0.25, 0.3) is 68.3 Å². The summed E-state index contributed by atoms with van der Waals surface area (Å²) < 4.78 is 30.1. The van der Waals surface area contributed by atoms with Crippen LogP contribution in [0, 0.1) is 69.2 Å². The molecule has 0 amide bonds. The van der Waals surface area contributed by atoms with Crippen molar-refractivity contribution in [3.8, 4) is 91.3 Å². The summed E-state index contributed by atoms with van der Waals surface area (Å²) in [5.74, 6) is 4.26. The van der Waals surface area contributed by atoms with Crippen LogP contribution in [0.15, 0.2) is 97.1 Å². The third-order valence-electron chi connectivity index (χ3n) is 15.7. The van der Waals surface area contributed by atoms with Crippen LogP contribution in [-0.4, -0.2) is 110 Å². The molecule has 0 fully saturated rings. The predicted molar refractivity (Wildman–Crippen MR) is 366 cm³/mol. The topological polar surface area (TPSA) is 210 Å². The molecule has 3 N–H and O–H groups in total. The highest BCUT2D eigenvalue weighted by Crippen LogP contribution is 2.38. The highest BCUT2D eigenvalue weighted by atomic mass is 16.7. The molecule has 0 spiro atoms. The minimum atomic E-state index is -0.293. The fraction of sp³-hybridized carbons (Fsp3) is 0.413. The number of phenolic OH excluding ortho intramolecular Hbond substituents is 2. The quantitative estimate of drug-likeness (QED) is 0.0294. The molecule has 6 aromatic carbocycles. The van der Waals surface area contributed by atoms with Gasteiger partial charge in [-0.3, -0.25) is 4.79 Å². The number of unbranched alkanes of at least 4 members (excludes halogenated alkanes) is 1. The lowest BCUT2D eigenvalue weighted by atomic mass is 9.98. The van der Waals surface area contributed by atoms with Gasteiger partial charge in [0.05, 0.1) is 29.9 Å². The molecule has 16 heteroatoms. The molecule has 0 bridgehead atoms. The Kier molecular flexibility index (Phi) is 28.5. The van der Waals surface area contributed by atoms with Gasteiger partial charge in [-0.05, 0) is 166 Å². The minimum absolute atomic E-state index is 0. The third kappa shape index (κ3) is 20.9. The lowest BCUT2D eigenvalue weighted by Crippen LogP contribution is -2.27. The molecule has 8 rings (SSSR count). The smallest absolute Gasteiger partial charge is 0.167 e. The number of ketones is 2. The Balaban J connectivity index is 0.000000735. The molecular weight excluding hydrogens is 1140 g/mol. The molecule has 0 radical (unpaired) electrons. The summed E-state index contributed by atoms with van der Waals surface area (Å²) in [6.07, 6.45) is 3.83. The van der Waals surface area contributed by atoms with Crippen LogP contribution in [0.1, 0.15) is 137 Å². The molecule has 8 aromatic rings. The second kappa shape index (κ2) is 35.4. The van der Waals surface area contributed by atoms with E-state index in [0.29, 0.717) is 96.5 Å². The van der Waals surface area contributed by atoms with Crippen LogP contribution in [0.3, 0.4) is 0 Å². The van der Waals surface area contributed by atoms with Gasteiger partial charge < -0.3 is 44.0 Å². The van der Waals surface area contributed by atoms with Gasteiger partial charge in [-0.15, -0.1) is 0 Å². The van der Waals surface area contributed by atoms with Gasteiger partial charge in [-0.2, -0.15) is 0 Å². The van der Waals surface area contributed by atoms with Crippen molar-refractivity contribution in [1.29, 1.82) is 0 Å². The highest BCUT2D eigenvalue weighted by molar-refractivity contribution is 5.77. The molecule has 0 aliphatic heterocycles. The van der Waals surface area contributed by atoms with Crippen molar-refractivity contribution >= 4 is 11.6 Å². The molecule has 91 heavy (non-hydrogen) atoms. The van der Waals surface area contributed by atoms with E-state index in [1.807, 2.05) is 90.1 Å². The maximum Gasteiger partial charge on any atom is 0.167 e. The summed E-state index contributed by atoms with van der Waals surface area (Å²) in [6, 6.07) is 31.3. The number of carbonyl (C=O) groups excluding carboxylic acids is 2. The number of carbonyl (C=O) groups is 2. The average molecular weight is 1240 g/mol.